The second-order valence-electron chi connectivity index (χ2n) is 2.97. The molecule has 1 heterocycles. The molecule has 84 valence electrons. The van der Waals surface area contributed by atoms with Gasteiger partial charge in [-0.1, -0.05) is 23.4 Å². The largest absolute Gasteiger partial charge is 0.436 e. The minimum atomic E-state index is -4.46. The number of nitrogens with zero attached hydrogens (tertiary/aromatic N) is 3. The number of aromatic nitrogens is 3. The second-order valence-corrected chi connectivity index (χ2v) is 4.00. The van der Waals surface area contributed by atoms with Crippen LogP contribution >= 0.6 is 22.6 Å². The molecule has 0 spiro atoms. The van der Waals surface area contributed by atoms with Gasteiger partial charge in [0.1, 0.15) is 0 Å². The van der Waals surface area contributed by atoms with Gasteiger partial charge in [0.15, 0.2) is 9.39 Å². The lowest BCUT2D eigenvalue weighted by Gasteiger charge is -2.09. The Morgan fingerprint density at radius 1 is 1.12 bits per heavy atom. The third kappa shape index (κ3) is 2.04. The minimum Gasteiger partial charge on any atom is -0.207 e. The quantitative estimate of drug-likeness (QED) is 0.748. The Morgan fingerprint density at radius 2 is 1.75 bits per heavy atom. The van der Waals surface area contributed by atoms with Gasteiger partial charge in [0, 0.05) is 0 Å². The first-order valence-corrected chi connectivity index (χ1v) is 5.32. The van der Waals surface area contributed by atoms with Crippen molar-refractivity contribution < 1.29 is 13.2 Å². The van der Waals surface area contributed by atoms with E-state index in [2.05, 4.69) is 10.3 Å². The molecular weight excluding hydrogens is 334 g/mol. The molecular formula is C9H5F3IN3. The lowest BCUT2D eigenvalue weighted by atomic mass is 10.3. The first-order valence-electron chi connectivity index (χ1n) is 4.24. The van der Waals surface area contributed by atoms with Gasteiger partial charge in [-0.05, 0) is 34.7 Å². The summed E-state index contributed by atoms with van der Waals surface area (Å²) in [6.07, 6.45) is -4.46. The van der Waals surface area contributed by atoms with Crippen LogP contribution in [-0.2, 0) is 6.18 Å². The van der Waals surface area contributed by atoms with Crippen molar-refractivity contribution in [1.82, 2.24) is 15.0 Å². The number of para-hydroxylation sites is 1. The Bertz CT molecular complexity index is 492. The van der Waals surface area contributed by atoms with Crippen LogP contribution in [-0.4, -0.2) is 15.0 Å². The van der Waals surface area contributed by atoms with E-state index < -0.39 is 11.9 Å². The normalized spacial score (nSPS) is 11.8. The fourth-order valence-corrected chi connectivity index (χ4v) is 1.88. The first-order chi connectivity index (χ1) is 7.50. The van der Waals surface area contributed by atoms with E-state index in [0.717, 1.165) is 4.68 Å². The second kappa shape index (κ2) is 4.04. The summed E-state index contributed by atoms with van der Waals surface area (Å²) in [4.78, 5) is 0. The van der Waals surface area contributed by atoms with E-state index in [1.807, 2.05) is 0 Å². The van der Waals surface area contributed by atoms with Crippen LogP contribution in [0.25, 0.3) is 5.69 Å². The van der Waals surface area contributed by atoms with Crippen molar-refractivity contribution in [2.24, 2.45) is 0 Å². The highest BCUT2D eigenvalue weighted by Crippen LogP contribution is 2.32. The zero-order valence-electron chi connectivity index (χ0n) is 7.74. The fraction of sp³-hybridized carbons (Fsp3) is 0.111. The van der Waals surface area contributed by atoms with Gasteiger partial charge in [0.05, 0.1) is 5.69 Å². The van der Waals surface area contributed by atoms with Gasteiger partial charge in [-0.3, -0.25) is 0 Å². The van der Waals surface area contributed by atoms with Crippen LogP contribution in [0.15, 0.2) is 30.3 Å². The average Bonchev–Trinajstić information content (AvgIpc) is 2.61. The molecule has 0 fully saturated rings. The van der Waals surface area contributed by atoms with Crippen molar-refractivity contribution in [2.45, 2.75) is 6.18 Å². The third-order valence-corrected chi connectivity index (χ3v) is 2.63. The predicted molar refractivity (Wildman–Crippen MR) is 59.1 cm³/mol. The molecule has 0 amide bonds. The lowest BCUT2D eigenvalue weighted by Crippen LogP contribution is -2.14. The summed E-state index contributed by atoms with van der Waals surface area (Å²) < 4.78 is 38.8. The van der Waals surface area contributed by atoms with Crippen LogP contribution in [0.1, 0.15) is 5.69 Å². The van der Waals surface area contributed by atoms with Gasteiger partial charge in [-0.15, -0.1) is 5.10 Å². The molecule has 16 heavy (non-hydrogen) atoms. The fourth-order valence-electron chi connectivity index (χ4n) is 1.25. The lowest BCUT2D eigenvalue weighted by molar-refractivity contribution is -0.143. The van der Waals surface area contributed by atoms with E-state index in [4.69, 9.17) is 0 Å². The van der Waals surface area contributed by atoms with Crippen LogP contribution in [0.2, 0.25) is 0 Å². The highest BCUT2D eigenvalue weighted by Gasteiger charge is 2.39. The molecule has 0 unspecified atom stereocenters. The Morgan fingerprint density at radius 3 is 2.31 bits per heavy atom. The molecule has 2 aromatic rings. The number of alkyl halides is 3. The highest BCUT2D eigenvalue weighted by atomic mass is 127. The SMILES string of the molecule is FC(F)(F)c1c(I)nnn1-c1ccccc1. The smallest absolute Gasteiger partial charge is 0.207 e. The summed E-state index contributed by atoms with van der Waals surface area (Å²) in [5.41, 5.74) is -0.510. The molecule has 0 aliphatic rings. The highest BCUT2D eigenvalue weighted by molar-refractivity contribution is 14.1. The van der Waals surface area contributed by atoms with Crippen LogP contribution < -0.4 is 0 Å². The third-order valence-electron chi connectivity index (χ3n) is 1.90. The number of benzene rings is 1. The molecule has 2 rings (SSSR count). The van der Waals surface area contributed by atoms with Crippen LogP contribution in [0.4, 0.5) is 13.2 Å². The molecule has 1 aromatic heterocycles. The van der Waals surface area contributed by atoms with E-state index in [1.54, 1.807) is 30.3 Å². The number of hydrogen-bond acceptors (Lipinski definition) is 2. The monoisotopic (exact) mass is 339 g/mol. The molecule has 0 N–H and O–H groups in total. The maximum Gasteiger partial charge on any atom is 0.436 e. The maximum absolute atomic E-state index is 12.7. The van der Waals surface area contributed by atoms with Crippen LogP contribution in [0.3, 0.4) is 0 Å². The Hall–Kier alpha value is -1.12. The molecule has 0 bridgehead atoms. The Labute approximate surface area is 102 Å². The van der Waals surface area contributed by atoms with Gasteiger partial charge in [-0.25, -0.2) is 4.68 Å². The van der Waals surface area contributed by atoms with Crippen molar-refractivity contribution in [3.63, 3.8) is 0 Å². The van der Waals surface area contributed by atoms with Crippen molar-refractivity contribution >= 4 is 22.6 Å². The summed E-state index contributed by atoms with van der Waals surface area (Å²) in [6, 6.07) is 8.09. The van der Waals surface area contributed by atoms with Gasteiger partial charge in [-0.2, -0.15) is 13.2 Å². The van der Waals surface area contributed by atoms with Gasteiger partial charge in [0.2, 0.25) is 0 Å². The molecule has 1 aromatic carbocycles. The van der Waals surface area contributed by atoms with Gasteiger partial charge >= 0.3 is 6.18 Å². The summed E-state index contributed by atoms with van der Waals surface area (Å²) in [6.45, 7) is 0. The van der Waals surface area contributed by atoms with Crippen molar-refractivity contribution in [3.05, 3.63) is 39.7 Å². The number of halogens is 4. The van der Waals surface area contributed by atoms with E-state index in [9.17, 15) is 13.2 Å². The molecule has 0 aliphatic carbocycles. The molecule has 0 aliphatic heterocycles. The van der Waals surface area contributed by atoms with Crippen molar-refractivity contribution in [3.8, 4) is 5.69 Å². The summed E-state index contributed by atoms with van der Waals surface area (Å²) >= 11 is 1.52. The van der Waals surface area contributed by atoms with Crippen molar-refractivity contribution in [2.75, 3.05) is 0 Å². The molecule has 0 saturated heterocycles. The molecule has 0 radical (unpaired) electrons. The Kier molecular flexibility index (Phi) is 2.87. The molecule has 7 heteroatoms. The van der Waals surface area contributed by atoms with E-state index >= 15 is 0 Å². The zero-order valence-corrected chi connectivity index (χ0v) is 9.90. The topological polar surface area (TPSA) is 30.7 Å². The van der Waals surface area contributed by atoms with Gasteiger partial charge in [0.25, 0.3) is 0 Å². The summed E-state index contributed by atoms with van der Waals surface area (Å²) in [5.74, 6) is 0. The average molecular weight is 339 g/mol. The number of rotatable bonds is 1. The number of hydrogen-bond donors (Lipinski definition) is 0. The predicted octanol–water partition coefficient (Wildman–Crippen LogP) is 2.89. The molecule has 0 saturated carbocycles. The van der Waals surface area contributed by atoms with E-state index in [-0.39, 0.29) is 3.70 Å². The minimum absolute atomic E-state index is 0.158. The van der Waals surface area contributed by atoms with E-state index in [0.29, 0.717) is 5.69 Å². The van der Waals surface area contributed by atoms with Crippen LogP contribution in [0.5, 0.6) is 0 Å². The van der Waals surface area contributed by atoms with Crippen molar-refractivity contribution in [1.29, 1.82) is 0 Å². The zero-order chi connectivity index (χ0) is 11.8. The maximum atomic E-state index is 12.7. The summed E-state index contributed by atoms with van der Waals surface area (Å²) in [5, 5.41) is 6.93. The van der Waals surface area contributed by atoms with Crippen LogP contribution in [0, 0.1) is 3.70 Å². The standard InChI is InChI=1S/C9H5F3IN3/c10-9(11,12)7-8(13)14-15-16(7)6-4-2-1-3-5-6/h1-5H. The van der Waals surface area contributed by atoms with E-state index in [1.165, 1.54) is 22.6 Å². The Balaban J connectivity index is 2.60. The first kappa shape index (κ1) is 11.4. The molecule has 0 atom stereocenters. The van der Waals surface area contributed by atoms with Gasteiger partial charge < -0.3 is 0 Å². The summed E-state index contributed by atoms with van der Waals surface area (Å²) in [7, 11) is 0. The molecule has 3 nitrogen and oxygen atoms in total.